The lowest BCUT2D eigenvalue weighted by Gasteiger charge is -2.60. The van der Waals surface area contributed by atoms with Crippen LogP contribution in [-0.2, 0) is 11.3 Å². The summed E-state index contributed by atoms with van der Waals surface area (Å²) in [5, 5.41) is 6.07. The number of nitrogens with zero attached hydrogens (tertiary/aromatic N) is 1. The molecular formula is C19H29N3O3. The zero-order chi connectivity index (χ0) is 17.7. The standard InChI is InChI=1S/C19H29N3O3/c1-2-25-16-14-15(19(16)9-7-10-19)21-18(24)20-11-4-6-13-22-12-5-3-8-17(22)23/h3,5,8,12,15-16H,2,4,6-7,9-11,13-14H2,1H3,(H2,20,21,24)/t15-,16+/m1/s1. The van der Waals surface area contributed by atoms with Gasteiger partial charge in [0.2, 0.25) is 5.56 Å². The maximum atomic E-state index is 12.1. The maximum absolute atomic E-state index is 12.1. The largest absolute Gasteiger partial charge is 0.378 e. The highest BCUT2D eigenvalue weighted by atomic mass is 16.5. The van der Waals surface area contributed by atoms with E-state index in [-0.39, 0.29) is 23.0 Å². The Hall–Kier alpha value is -1.82. The van der Waals surface area contributed by atoms with Crippen LogP contribution in [-0.4, -0.2) is 35.9 Å². The molecule has 0 aliphatic heterocycles. The Balaban J connectivity index is 1.32. The third-order valence-corrected chi connectivity index (χ3v) is 5.75. The van der Waals surface area contributed by atoms with Crippen LogP contribution < -0.4 is 16.2 Å². The first-order chi connectivity index (χ1) is 12.2. The predicted molar refractivity (Wildman–Crippen MR) is 96.6 cm³/mol. The van der Waals surface area contributed by atoms with Crippen LogP contribution in [0.3, 0.4) is 0 Å². The van der Waals surface area contributed by atoms with Gasteiger partial charge in [-0.2, -0.15) is 0 Å². The van der Waals surface area contributed by atoms with Gasteiger partial charge in [0.1, 0.15) is 0 Å². The summed E-state index contributed by atoms with van der Waals surface area (Å²) in [5.74, 6) is 0. The van der Waals surface area contributed by atoms with Crippen molar-refractivity contribution in [2.75, 3.05) is 13.2 Å². The van der Waals surface area contributed by atoms with Gasteiger partial charge in [0.05, 0.1) is 6.10 Å². The molecule has 2 amide bonds. The Morgan fingerprint density at radius 3 is 2.88 bits per heavy atom. The van der Waals surface area contributed by atoms with E-state index in [1.165, 1.54) is 6.42 Å². The van der Waals surface area contributed by atoms with E-state index in [1.807, 2.05) is 13.0 Å². The van der Waals surface area contributed by atoms with Gasteiger partial charge in [-0.3, -0.25) is 4.79 Å². The van der Waals surface area contributed by atoms with Crippen LogP contribution in [0.2, 0.25) is 0 Å². The number of urea groups is 1. The average Bonchev–Trinajstić information content (AvgIpc) is 2.53. The van der Waals surface area contributed by atoms with Gasteiger partial charge in [0.15, 0.2) is 0 Å². The fourth-order valence-corrected chi connectivity index (χ4v) is 4.10. The molecule has 0 radical (unpaired) electrons. The Morgan fingerprint density at radius 1 is 1.36 bits per heavy atom. The molecule has 6 heteroatoms. The Morgan fingerprint density at radius 2 is 2.20 bits per heavy atom. The first kappa shape index (κ1) is 18.0. The van der Waals surface area contributed by atoms with Crippen LogP contribution in [0.5, 0.6) is 0 Å². The number of unbranched alkanes of at least 4 members (excludes halogenated alkanes) is 1. The van der Waals surface area contributed by atoms with Crippen LogP contribution in [0.4, 0.5) is 4.79 Å². The molecule has 25 heavy (non-hydrogen) atoms. The SMILES string of the molecule is CCO[C@H]1C[C@@H](NC(=O)NCCCCn2ccccc2=O)C12CCC2. The quantitative estimate of drug-likeness (QED) is 0.709. The van der Waals surface area contributed by atoms with Crippen molar-refractivity contribution in [3.63, 3.8) is 0 Å². The van der Waals surface area contributed by atoms with Gasteiger partial charge in [0.25, 0.3) is 0 Å². The summed E-state index contributed by atoms with van der Waals surface area (Å²) in [4.78, 5) is 23.7. The van der Waals surface area contributed by atoms with Gasteiger partial charge in [-0.1, -0.05) is 12.5 Å². The fourth-order valence-electron chi connectivity index (χ4n) is 4.10. The van der Waals surface area contributed by atoms with Gasteiger partial charge in [0, 0.05) is 43.4 Å². The lowest BCUT2D eigenvalue weighted by Crippen LogP contribution is -2.68. The van der Waals surface area contributed by atoms with Gasteiger partial charge in [-0.05, 0) is 45.1 Å². The topological polar surface area (TPSA) is 72.4 Å². The van der Waals surface area contributed by atoms with E-state index in [0.717, 1.165) is 38.7 Å². The normalized spacial score (nSPS) is 23.6. The molecule has 0 aromatic carbocycles. The minimum atomic E-state index is -0.0805. The molecule has 1 heterocycles. The van der Waals surface area contributed by atoms with Crippen LogP contribution in [0.25, 0.3) is 0 Å². The van der Waals surface area contributed by atoms with Crippen molar-refractivity contribution >= 4 is 6.03 Å². The number of rotatable bonds is 8. The fraction of sp³-hybridized carbons (Fsp3) is 0.684. The van der Waals surface area contributed by atoms with Crippen LogP contribution >= 0.6 is 0 Å². The molecule has 0 bridgehead atoms. The second-order valence-electron chi connectivity index (χ2n) is 7.16. The number of amides is 2. The molecule has 0 saturated heterocycles. The van der Waals surface area contributed by atoms with Gasteiger partial charge in [-0.25, -0.2) is 4.79 Å². The molecule has 2 aliphatic carbocycles. The van der Waals surface area contributed by atoms with Crippen LogP contribution in [0.15, 0.2) is 29.2 Å². The minimum Gasteiger partial charge on any atom is -0.378 e. The zero-order valence-corrected chi connectivity index (χ0v) is 15.0. The smallest absolute Gasteiger partial charge is 0.315 e. The summed E-state index contributed by atoms with van der Waals surface area (Å²) in [6.45, 7) is 4.09. The van der Waals surface area contributed by atoms with Crippen molar-refractivity contribution < 1.29 is 9.53 Å². The molecule has 138 valence electrons. The highest BCUT2D eigenvalue weighted by Crippen LogP contribution is 2.57. The van der Waals surface area contributed by atoms with Crippen molar-refractivity contribution in [1.29, 1.82) is 0 Å². The third kappa shape index (κ3) is 3.89. The Labute approximate surface area is 148 Å². The summed E-state index contributed by atoms with van der Waals surface area (Å²) < 4.78 is 7.51. The van der Waals surface area contributed by atoms with Crippen LogP contribution in [0.1, 0.15) is 45.4 Å². The van der Waals surface area contributed by atoms with Crippen LogP contribution in [0, 0.1) is 5.41 Å². The number of hydrogen-bond donors (Lipinski definition) is 2. The molecule has 2 fully saturated rings. The molecule has 0 unspecified atom stereocenters. The summed E-state index contributed by atoms with van der Waals surface area (Å²) in [7, 11) is 0. The second kappa shape index (κ2) is 8.04. The highest BCUT2D eigenvalue weighted by molar-refractivity contribution is 5.74. The lowest BCUT2D eigenvalue weighted by molar-refractivity contribution is -0.169. The number of carbonyl (C=O) groups excluding carboxylic acids is 1. The summed E-state index contributed by atoms with van der Waals surface area (Å²) in [6, 6.07) is 5.34. The lowest BCUT2D eigenvalue weighted by atomic mass is 9.51. The molecular weight excluding hydrogens is 318 g/mol. The molecule has 6 nitrogen and oxygen atoms in total. The number of pyridine rings is 1. The van der Waals surface area contributed by atoms with Gasteiger partial charge >= 0.3 is 6.03 Å². The summed E-state index contributed by atoms with van der Waals surface area (Å²) >= 11 is 0. The second-order valence-corrected chi connectivity index (χ2v) is 7.16. The van der Waals surface area contributed by atoms with Crippen molar-refractivity contribution in [1.82, 2.24) is 15.2 Å². The first-order valence-electron chi connectivity index (χ1n) is 9.47. The zero-order valence-electron chi connectivity index (χ0n) is 15.0. The monoisotopic (exact) mass is 347 g/mol. The van der Waals surface area contributed by atoms with Gasteiger partial charge in [-0.15, -0.1) is 0 Å². The van der Waals surface area contributed by atoms with E-state index in [9.17, 15) is 9.59 Å². The molecule has 1 spiro atoms. The number of carbonyl (C=O) groups is 1. The third-order valence-electron chi connectivity index (χ3n) is 5.75. The molecule has 2 aliphatic rings. The Bertz CT molecular complexity index is 639. The maximum Gasteiger partial charge on any atom is 0.315 e. The van der Waals surface area contributed by atoms with Crippen molar-refractivity contribution in [3.8, 4) is 0 Å². The number of ether oxygens (including phenoxy) is 1. The minimum absolute atomic E-state index is 0.0211. The Kier molecular flexibility index (Phi) is 5.78. The molecule has 2 saturated carbocycles. The number of aromatic nitrogens is 1. The van der Waals surface area contributed by atoms with E-state index < -0.39 is 0 Å². The van der Waals surface area contributed by atoms with Crippen molar-refractivity contribution in [2.45, 2.75) is 64.1 Å². The van der Waals surface area contributed by atoms with E-state index in [1.54, 1.807) is 22.9 Å². The molecule has 1 aromatic rings. The van der Waals surface area contributed by atoms with Crippen molar-refractivity contribution in [3.05, 3.63) is 34.7 Å². The highest BCUT2D eigenvalue weighted by Gasteiger charge is 2.59. The number of aryl methyl sites for hydroxylation is 1. The van der Waals surface area contributed by atoms with E-state index >= 15 is 0 Å². The molecule has 1 aromatic heterocycles. The summed E-state index contributed by atoms with van der Waals surface area (Å²) in [5.41, 5.74) is 0.217. The van der Waals surface area contributed by atoms with Gasteiger partial charge < -0.3 is 19.9 Å². The van der Waals surface area contributed by atoms with E-state index in [4.69, 9.17) is 4.74 Å². The van der Waals surface area contributed by atoms with E-state index in [2.05, 4.69) is 10.6 Å². The molecule has 2 atom stereocenters. The first-order valence-corrected chi connectivity index (χ1v) is 9.47. The average molecular weight is 347 g/mol. The molecule has 2 N–H and O–H groups in total. The number of nitrogens with one attached hydrogen (secondary N) is 2. The van der Waals surface area contributed by atoms with Crippen molar-refractivity contribution in [2.24, 2.45) is 5.41 Å². The summed E-state index contributed by atoms with van der Waals surface area (Å²) in [6.07, 6.45) is 8.33. The predicted octanol–water partition coefficient (Wildman–Crippen LogP) is 2.28. The van der Waals surface area contributed by atoms with E-state index in [0.29, 0.717) is 19.2 Å². The number of hydrogen-bond acceptors (Lipinski definition) is 3. The molecule has 3 rings (SSSR count).